The van der Waals surface area contributed by atoms with E-state index in [0.717, 1.165) is 0 Å². The molecular formula is C3H8FNO2. The first-order valence-corrected chi connectivity index (χ1v) is 1.88. The van der Waals surface area contributed by atoms with Gasteiger partial charge in [-0.1, -0.05) is 0 Å². The average Bonchev–Trinajstić information content (AvgIpc) is 1.65. The molecule has 4 N–H and O–H groups in total. The second-order valence-corrected chi connectivity index (χ2v) is 1.17. The van der Waals surface area contributed by atoms with Gasteiger partial charge in [0.05, 0.1) is 0 Å². The quantitative estimate of drug-likeness (QED) is 0.382. The highest BCUT2D eigenvalue weighted by atomic mass is 19.1. The van der Waals surface area contributed by atoms with Crippen LogP contribution in [0.4, 0.5) is 4.39 Å². The van der Waals surface area contributed by atoms with E-state index in [0.29, 0.717) is 0 Å². The van der Waals surface area contributed by atoms with Crippen LogP contribution in [0.2, 0.25) is 0 Å². The van der Waals surface area contributed by atoms with Gasteiger partial charge in [0.2, 0.25) is 0 Å². The maximum absolute atomic E-state index is 11.6. The highest BCUT2D eigenvalue weighted by Crippen LogP contribution is 1.89. The van der Waals surface area contributed by atoms with E-state index >= 15 is 0 Å². The Kier molecular flexibility index (Phi) is 2.82. The molecule has 0 amide bonds. The van der Waals surface area contributed by atoms with E-state index in [1.165, 1.54) is 0 Å². The molecule has 4 heteroatoms. The molecule has 0 aromatic carbocycles. The van der Waals surface area contributed by atoms with E-state index in [1.807, 2.05) is 0 Å². The minimum Gasteiger partial charge on any atom is -0.366 e. The number of hydrogen-bond acceptors (Lipinski definition) is 3. The molecule has 3 nitrogen and oxygen atoms in total. The van der Waals surface area contributed by atoms with Crippen LogP contribution >= 0.6 is 0 Å². The van der Waals surface area contributed by atoms with Crippen LogP contribution in [-0.4, -0.2) is 29.2 Å². The fourth-order valence-corrected chi connectivity index (χ4v) is 0.122. The van der Waals surface area contributed by atoms with E-state index in [1.54, 1.807) is 0 Å². The van der Waals surface area contributed by atoms with Crippen molar-refractivity contribution in [2.45, 2.75) is 12.5 Å². The molecule has 0 fully saturated rings. The second kappa shape index (κ2) is 2.90. The molecule has 0 bridgehead atoms. The van der Waals surface area contributed by atoms with Crippen molar-refractivity contribution in [1.82, 2.24) is 0 Å². The summed E-state index contributed by atoms with van der Waals surface area (Å²) in [6, 6.07) is 0. The molecular weight excluding hydrogens is 101 g/mol. The summed E-state index contributed by atoms with van der Waals surface area (Å²) in [4.78, 5) is 0. The van der Waals surface area contributed by atoms with Gasteiger partial charge in [0.1, 0.15) is 0 Å². The zero-order chi connectivity index (χ0) is 5.86. The molecule has 0 spiro atoms. The van der Waals surface area contributed by atoms with E-state index in [4.69, 9.17) is 10.2 Å². The lowest BCUT2D eigenvalue weighted by atomic mass is 10.4. The summed E-state index contributed by atoms with van der Waals surface area (Å²) in [6.45, 7) is -0.350. The minimum atomic E-state index is -1.93. The molecule has 1 atom stereocenters. The van der Waals surface area contributed by atoms with Gasteiger partial charge in [-0.25, -0.2) is 4.39 Å². The van der Waals surface area contributed by atoms with Gasteiger partial charge >= 0.3 is 0 Å². The molecule has 1 unspecified atom stereocenters. The van der Waals surface area contributed by atoms with Crippen LogP contribution in [0.1, 0.15) is 0 Å². The summed E-state index contributed by atoms with van der Waals surface area (Å²) in [5.41, 5.74) is 4.68. The van der Waals surface area contributed by atoms with Crippen molar-refractivity contribution in [2.75, 3.05) is 6.54 Å². The standard InChI is InChI=1S/C3H8FNO2/c4-2(1-5)3(6)7/h2-3,6-7H,1,5H2. The van der Waals surface area contributed by atoms with Crippen LogP contribution in [0.15, 0.2) is 0 Å². The zero-order valence-corrected chi connectivity index (χ0v) is 3.71. The van der Waals surface area contributed by atoms with Gasteiger partial charge in [-0.05, 0) is 0 Å². The summed E-state index contributed by atoms with van der Waals surface area (Å²) in [5.74, 6) is 0. The molecule has 0 aromatic heterocycles. The normalized spacial score (nSPS) is 15.0. The Morgan fingerprint density at radius 2 is 2.00 bits per heavy atom. The predicted molar refractivity (Wildman–Crippen MR) is 22.2 cm³/mol. The van der Waals surface area contributed by atoms with E-state index in [9.17, 15) is 4.39 Å². The largest absolute Gasteiger partial charge is 0.366 e. The third-order valence-corrected chi connectivity index (χ3v) is 0.549. The topological polar surface area (TPSA) is 66.5 Å². The fraction of sp³-hybridized carbons (Fsp3) is 1.00. The first-order chi connectivity index (χ1) is 3.18. The number of halogens is 1. The molecule has 0 aliphatic carbocycles. The van der Waals surface area contributed by atoms with Crippen molar-refractivity contribution in [3.8, 4) is 0 Å². The van der Waals surface area contributed by atoms with Crippen molar-refractivity contribution in [1.29, 1.82) is 0 Å². The van der Waals surface area contributed by atoms with Gasteiger partial charge < -0.3 is 15.9 Å². The molecule has 44 valence electrons. The van der Waals surface area contributed by atoms with Crippen LogP contribution in [0.3, 0.4) is 0 Å². The predicted octanol–water partition coefficient (Wildman–Crippen LogP) is -1.41. The third kappa shape index (κ3) is 2.50. The summed E-state index contributed by atoms with van der Waals surface area (Å²) >= 11 is 0. The minimum absolute atomic E-state index is 0.350. The van der Waals surface area contributed by atoms with Gasteiger partial charge in [0, 0.05) is 6.54 Å². The maximum atomic E-state index is 11.6. The lowest BCUT2D eigenvalue weighted by molar-refractivity contribution is -0.0899. The van der Waals surface area contributed by atoms with Gasteiger partial charge in [0.25, 0.3) is 0 Å². The van der Waals surface area contributed by atoms with Crippen molar-refractivity contribution >= 4 is 0 Å². The third-order valence-electron chi connectivity index (χ3n) is 0.549. The van der Waals surface area contributed by atoms with E-state index in [2.05, 4.69) is 5.73 Å². The highest BCUT2D eigenvalue weighted by molar-refractivity contribution is 4.55. The van der Waals surface area contributed by atoms with Gasteiger partial charge in [-0.3, -0.25) is 0 Å². The summed E-state index contributed by atoms with van der Waals surface area (Å²) in [5, 5.41) is 15.8. The summed E-state index contributed by atoms with van der Waals surface area (Å²) in [6.07, 6.45) is -3.63. The first-order valence-electron chi connectivity index (χ1n) is 1.88. The lowest BCUT2D eigenvalue weighted by Gasteiger charge is -2.04. The lowest BCUT2D eigenvalue weighted by Crippen LogP contribution is -2.28. The SMILES string of the molecule is NCC(F)C(O)O. The summed E-state index contributed by atoms with van der Waals surface area (Å²) < 4.78 is 11.6. The number of aliphatic hydroxyl groups excluding tert-OH is 1. The molecule has 0 aromatic rings. The zero-order valence-electron chi connectivity index (χ0n) is 3.71. The van der Waals surface area contributed by atoms with Gasteiger partial charge in [0.15, 0.2) is 12.5 Å². The van der Waals surface area contributed by atoms with Crippen molar-refractivity contribution in [3.05, 3.63) is 0 Å². The molecule has 0 aliphatic heterocycles. The molecule has 0 aliphatic rings. The Balaban J connectivity index is 3.14. The fourth-order valence-electron chi connectivity index (χ4n) is 0.122. The van der Waals surface area contributed by atoms with Crippen molar-refractivity contribution in [3.63, 3.8) is 0 Å². The highest BCUT2D eigenvalue weighted by Gasteiger charge is 2.10. The van der Waals surface area contributed by atoms with E-state index in [-0.39, 0.29) is 6.54 Å². The molecule has 0 heterocycles. The Morgan fingerprint density at radius 1 is 1.57 bits per heavy atom. The molecule has 0 saturated heterocycles. The number of nitrogens with two attached hydrogens (primary N) is 1. The van der Waals surface area contributed by atoms with Crippen molar-refractivity contribution in [2.24, 2.45) is 5.73 Å². The Morgan fingerprint density at radius 3 is 2.00 bits per heavy atom. The maximum Gasteiger partial charge on any atom is 0.184 e. The smallest absolute Gasteiger partial charge is 0.184 e. The van der Waals surface area contributed by atoms with Gasteiger partial charge in [-0.15, -0.1) is 0 Å². The number of rotatable bonds is 2. The monoisotopic (exact) mass is 109 g/mol. The second-order valence-electron chi connectivity index (χ2n) is 1.17. The van der Waals surface area contributed by atoms with Crippen LogP contribution in [0.5, 0.6) is 0 Å². The number of aliphatic hydroxyl groups is 2. The summed E-state index contributed by atoms with van der Waals surface area (Å²) in [7, 11) is 0. The van der Waals surface area contributed by atoms with E-state index < -0.39 is 12.5 Å². The Bertz CT molecular complexity index is 50.2. The molecule has 0 rings (SSSR count). The van der Waals surface area contributed by atoms with Crippen molar-refractivity contribution < 1.29 is 14.6 Å². The van der Waals surface area contributed by atoms with Crippen LogP contribution in [0, 0.1) is 0 Å². The number of hydrogen-bond donors (Lipinski definition) is 3. The van der Waals surface area contributed by atoms with Gasteiger partial charge in [-0.2, -0.15) is 0 Å². The van der Waals surface area contributed by atoms with Crippen LogP contribution < -0.4 is 5.73 Å². The van der Waals surface area contributed by atoms with Crippen LogP contribution in [-0.2, 0) is 0 Å². The average molecular weight is 109 g/mol. The Labute approximate surface area is 40.6 Å². The van der Waals surface area contributed by atoms with Crippen LogP contribution in [0.25, 0.3) is 0 Å². The first kappa shape index (κ1) is 6.81. The molecule has 0 radical (unpaired) electrons. The Hall–Kier alpha value is -0.190. The molecule has 7 heavy (non-hydrogen) atoms. The number of alkyl halides is 1. The molecule has 0 saturated carbocycles.